The quantitative estimate of drug-likeness (QED) is 0.798. The summed E-state index contributed by atoms with van der Waals surface area (Å²) in [7, 11) is 0. The molecule has 0 aliphatic carbocycles. The summed E-state index contributed by atoms with van der Waals surface area (Å²) in [4.78, 5) is 5.17. The number of thiophene rings is 1. The lowest BCUT2D eigenvalue weighted by atomic mass is 10.4. The highest BCUT2D eigenvalue weighted by Crippen LogP contribution is 2.26. The molecule has 0 spiro atoms. The highest BCUT2D eigenvalue weighted by molar-refractivity contribution is 7.13. The van der Waals surface area contributed by atoms with Crippen LogP contribution in [0.2, 0.25) is 0 Å². The Morgan fingerprint density at radius 2 is 2.46 bits per heavy atom. The minimum atomic E-state index is -0.145. The van der Waals surface area contributed by atoms with Crippen molar-refractivity contribution in [3.05, 3.63) is 29.6 Å². The highest BCUT2D eigenvalue weighted by Gasteiger charge is 2.09. The van der Waals surface area contributed by atoms with Crippen LogP contribution in [0, 0.1) is 0 Å². The summed E-state index contributed by atoms with van der Waals surface area (Å²) in [6.45, 7) is 1.85. The van der Waals surface area contributed by atoms with Crippen LogP contribution in [0.25, 0.3) is 10.6 Å². The maximum Gasteiger partial charge on any atom is 0.211 e. The zero-order valence-corrected chi connectivity index (χ0v) is 8.04. The fourth-order valence-corrected chi connectivity index (χ4v) is 1.70. The van der Waals surface area contributed by atoms with Gasteiger partial charge in [-0.2, -0.15) is 0 Å². The molecular formula is C9H10N2OS. The van der Waals surface area contributed by atoms with E-state index in [4.69, 9.17) is 10.2 Å². The molecule has 0 fully saturated rings. The summed E-state index contributed by atoms with van der Waals surface area (Å²) >= 11 is 1.63. The second kappa shape index (κ2) is 3.32. The van der Waals surface area contributed by atoms with Gasteiger partial charge in [-0.25, -0.2) is 4.98 Å². The zero-order chi connectivity index (χ0) is 9.26. The Balaban J connectivity index is 2.33. The van der Waals surface area contributed by atoms with Gasteiger partial charge in [0.05, 0.1) is 17.1 Å². The maximum absolute atomic E-state index is 5.63. The van der Waals surface area contributed by atoms with E-state index in [1.165, 1.54) is 0 Å². The van der Waals surface area contributed by atoms with E-state index in [0.29, 0.717) is 5.89 Å². The van der Waals surface area contributed by atoms with Crippen molar-refractivity contribution in [2.24, 2.45) is 5.73 Å². The van der Waals surface area contributed by atoms with Crippen molar-refractivity contribution in [3.63, 3.8) is 0 Å². The monoisotopic (exact) mass is 194 g/mol. The number of rotatable bonds is 2. The minimum Gasteiger partial charge on any atom is -0.438 e. The van der Waals surface area contributed by atoms with Crippen LogP contribution in [0.15, 0.2) is 28.1 Å². The number of aromatic nitrogens is 1. The van der Waals surface area contributed by atoms with Crippen LogP contribution in [0.1, 0.15) is 18.9 Å². The van der Waals surface area contributed by atoms with E-state index in [2.05, 4.69) is 4.98 Å². The fraction of sp³-hybridized carbons (Fsp3) is 0.222. The molecule has 2 rings (SSSR count). The third kappa shape index (κ3) is 1.64. The van der Waals surface area contributed by atoms with Crippen molar-refractivity contribution in [1.29, 1.82) is 0 Å². The molecule has 0 aromatic carbocycles. The minimum absolute atomic E-state index is 0.145. The molecule has 2 aromatic heterocycles. The van der Waals surface area contributed by atoms with Crippen LogP contribution in [-0.2, 0) is 0 Å². The number of hydrogen-bond donors (Lipinski definition) is 1. The van der Waals surface area contributed by atoms with Gasteiger partial charge in [0, 0.05) is 0 Å². The van der Waals surface area contributed by atoms with Gasteiger partial charge in [-0.05, 0) is 18.4 Å². The molecule has 68 valence electrons. The average molecular weight is 194 g/mol. The molecule has 2 aromatic rings. The molecule has 0 saturated carbocycles. The lowest BCUT2D eigenvalue weighted by Crippen LogP contribution is -2.04. The van der Waals surface area contributed by atoms with E-state index in [0.717, 1.165) is 10.6 Å². The summed E-state index contributed by atoms with van der Waals surface area (Å²) in [5.41, 5.74) is 5.63. The van der Waals surface area contributed by atoms with E-state index in [1.54, 1.807) is 17.5 Å². The molecule has 1 unspecified atom stereocenters. The molecule has 2 N–H and O–H groups in total. The van der Waals surface area contributed by atoms with E-state index < -0.39 is 0 Å². The summed E-state index contributed by atoms with van der Waals surface area (Å²) in [6, 6.07) is 3.83. The lowest BCUT2D eigenvalue weighted by molar-refractivity contribution is 0.474. The van der Waals surface area contributed by atoms with Gasteiger partial charge in [-0.15, -0.1) is 11.3 Å². The maximum atomic E-state index is 5.63. The number of hydrogen-bond acceptors (Lipinski definition) is 4. The third-order valence-electron chi connectivity index (χ3n) is 1.68. The molecule has 1 atom stereocenters. The first kappa shape index (κ1) is 8.47. The lowest BCUT2D eigenvalue weighted by Gasteiger charge is -1.95. The van der Waals surface area contributed by atoms with Crippen LogP contribution in [-0.4, -0.2) is 4.98 Å². The van der Waals surface area contributed by atoms with Crippen LogP contribution in [0.3, 0.4) is 0 Å². The number of oxazole rings is 1. The van der Waals surface area contributed by atoms with Gasteiger partial charge in [0.1, 0.15) is 0 Å². The van der Waals surface area contributed by atoms with Crippen molar-refractivity contribution in [3.8, 4) is 10.6 Å². The van der Waals surface area contributed by atoms with Crippen molar-refractivity contribution in [2.75, 3.05) is 0 Å². The molecule has 0 radical (unpaired) electrons. The van der Waals surface area contributed by atoms with Crippen LogP contribution in [0.4, 0.5) is 0 Å². The third-order valence-corrected chi connectivity index (χ3v) is 2.56. The largest absolute Gasteiger partial charge is 0.438 e. The molecule has 3 nitrogen and oxygen atoms in total. The van der Waals surface area contributed by atoms with Crippen molar-refractivity contribution < 1.29 is 4.42 Å². The number of nitrogens with two attached hydrogens (primary N) is 1. The Bertz CT molecular complexity index is 378. The van der Waals surface area contributed by atoms with Gasteiger partial charge in [-0.1, -0.05) is 6.07 Å². The summed E-state index contributed by atoms with van der Waals surface area (Å²) in [5.74, 6) is 1.38. The average Bonchev–Trinajstić information content (AvgIpc) is 2.75. The van der Waals surface area contributed by atoms with E-state index in [1.807, 2.05) is 24.4 Å². The van der Waals surface area contributed by atoms with Gasteiger partial charge >= 0.3 is 0 Å². The van der Waals surface area contributed by atoms with Crippen molar-refractivity contribution in [2.45, 2.75) is 13.0 Å². The summed E-state index contributed by atoms with van der Waals surface area (Å²) in [5, 5.41) is 2.00. The first-order chi connectivity index (χ1) is 6.27. The molecule has 13 heavy (non-hydrogen) atoms. The van der Waals surface area contributed by atoms with Crippen LogP contribution < -0.4 is 5.73 Å². The molecular weight excluding hydrogens is 184 g/mol. The summed E-state index contributed by atoms with van der Waals surface area (Å²) < 4.78 is 5.46. The molecule has 0 aliphatic heterocycles. The van der Waals surface area contributed by atoms with Crippen LogP contribution >= 0.6 is 11.3 Å². The number of nitrogens with zero attached hydrogens (tertiary/aromatic N) is 1. The van der Waals surface area contributed by atoms with E-state index in [9.17, 15) is 0 Å². The van der Waals surface area contributed by atoms with E-state index in [-0.39, 0.29) is 6.04 Å². The predicted molar refractivity (Wildman–Crippen MR) is 52.4 cm³/mol. The standard InChI is InChI=1S/C9H10N2OS/c1-6(10)9-11-5-7(12-9)8-3-2-4-13-8/h2-6H,10H2,1H3. The summed E-state index contributed by atoms with van der Waals surface area (Å²) in [6.07, 6.45) is 1.71. The van der Waals surface area contributed by atoms with Crippen molar-refractivity contribution >= 4 is 11.3 Å². The van der Waals surface area contributed by atoms with Gasteiger partial charge in [0.25, 0.3) is 0 Å². The van der Waals surface area contributed by atoms with Crippen LogP contribution in [0.5, 0.6) is 0 Å². The predicted octanol–water partition coefficient (Wildman–Crippen LogP) is 2.42. The van der Waals surface area contributed by atoms with Gasteiger partial charge in [-0.3, -0.25) is 0 Å². The Hall–Kier alpha value is -1.13. The molecule has 2 heterocycles. The fourth-order valence-electron chi connectivity index (χ4n) is 1.03. The normalized spacial score (nSPS) is 13.1. The van der Waals surface area contributed by atoms with Gasteiger partial charge < -0.3 is 10.2 Å². The topological polar surface area (TPSA) is 52.0 Å². The second-order valence-corrected chi connectivity index (χ2v) is 3.78. The molecule has 0 amide bonds. The zero-order valence-electron chi connectivity index (χ0n) is 7.23. The Labute approximate surface area is 80.2 Å². The first-order valence-corrected chi connectivity index (χ1v) is 4.90. The van der Waals surface area contributed by atoms with Gasteiger partial charge in [0.2, 0.25) is 5.89 Å². The Kier molecular flexibility index (Phi) is 2.16. The van der Waals surface area contributed by atoms with E-state index >= 15 is 0 Å². The smallest absolute Gasteiger partial charge is 0.211 e. The SMILES string of the molecule is CC(N)c1ncc(-c2cccs2)o1. The first-order valence-electron chi connectivity index (χ1n) is 4.02. The Morgan fingerprint density at radius 1 is 1.62 bits per heavy atom. The molecule has 0 bridgehead atoms. The van der Waals surface area contributed by atoms with Gasteiger partial charge in [0.15, 0.2) is 5.76 Å². The molecule has 0 aliphatic rings. The van der Waals surface area contributed by atoms with Crippen molar-refractivity contribution in [1.82, 2.24) is 4.98 Å². The second-order valence-electron chi connectivity index (χ2n) is 2.83. The molecule has 4 heteroatoms. The Morgan fingerprint density at radius 3 is 3.00 bits per heavy atom. The molecule has 0 saturated heterocycles. The highest BCUT2D eigenvalue weighted by atomic mass is 32.1.